The molecular formula is C12H26FeN2O2P+. The average Bonchev–Trinajstić information content (AvgIpc) is 2.96. The van der Waals surface area contributed by atoms with Gasteiger partial charge in [0, 0.05) is 20.2 Å². The molecule has 0 aromatic carbocycles. The third-order valence-electron chi connectivity index (χ3n) is 2.74. The van der Waals surface area contributed by atoms with E-state index in [-0.39, 0.29) is 24.5 Å². The van der Waals surface area contributed by atoms with Gasteiger partial charge in [0.1, 0.15) is 0 Å². The molecule has 2 rings (SSSR count). The molecule has 2 fully saturated rings. The van der Waals surface area contributed by atoms with Crippen molar-refractivity contribution in [2.24, 2.45) is 0 Å². The molecule has 0 radical (unpaired) electrons. The normalized spacial score (nSPS) is 19.6. The molecule has 6 heteroatoms. The molecule has 18 heavy (non-hydrogen) atoms. The number of hydrogen-bond donors (Lipinski definition) is 0. The molecule has 1 heterocycles. The summed E-state index contributed by atoms with van der Waals surface area (Å²) in [6.07, 6.45) is 7.50. The van der Waals surface area contributed by atoms with Crippen molar-refractivity contribution < 1.29 is 26.2 Å². The van der Waals surface area contributed by atoms with E-state index < -0.39 is 8.45 Å². The molecule has 0 N–H and O–H groups in total. The van der Waals surface area contributed by atoms with Crippen LogP contribution in [0.3, 0.4) is 0 Å². The van der Waals surface area contributed by atoms with Gasteiger partial charge >= 0.3 is 28.4 Å². The van der Waals surface area contributed by atoms with Crippen molar-refractivity contribution in [3.63, 3.8) is 0 Å². The molecule has 1 saturated carbocycles. The Kier molecular flexibility index (Phi) is 20.5. The van der Waals surface area contributed by atoms with Gasteiger partial charge in [-0.3, -0.25) is 0 Å². The maximum Gasteiger partial charge on any atom is 2.00 e. The van der Waals surface area contributed by atoms with Crippen molar-refractivity contribution in [2.75, 3.05) is 34.3 Å². The molecule has 4 nitrogen and oxygen atoms in total. The third-order valence-corrected chi connectivity index (χ3v) is 4.64. The molecule has 0 spiro atoms. The van der Waals surface area contributed by atoms with Crippen molar-refractivity contribution in [3.05, 3.63) is 14.1 Å². The van der Waals surface area contributed by atoms with Crippen LogP contribution < -0.4 is 0 Å². The van der Waals surface area contributed by atoms with Crippen molar-refractivity contribution in [3.8, 4) is 0 Å². The molecule has 0 unspecified atom stereocenters. The molecule has 0 aromatic heterocycles. The first-order chi connectivity index (χ1) is 7.75. The van der Waals surface area contributed by atoms with Gasteiger partial charge in [-0.2, -0.15) is 0 Å². The quantitative estimate of drug-likeness (QED) is 0.323. The van der Waals surface area contributed by atoms with Gasteiger partial charge in [0.15, 0.2) is 8.45 Å². The van der Waals surface area contributed by atoms with Crippen LogP contribution in [-0.4, -0.2) is 43.6 Å². The van der Waals surface area contributed by atoms with E-state index in [1.165, 1.54) is 32.1 Å². The first-order valence-corrected chi connectivity index (χ1v) is 6.89. The van der Waals surface area contributed by atoms with Crippen LogP contribution in [0, 0.1) is 14.1 Å². The van der Waals surface area contributed by atoms with Crippen LogP contribution in [0.1, 0.15) is 32.1 Å². The summed E-state index contributed by atoms with van der Waals surface area (Å²) in [5.41, 5.74) is 0. The summed E-state index contributed by atoms with van der Waals surface area (Å²) < 4.78 is 17.2. The van der Waals surface area contributed by atoms with Crippen LogP contribution in [-0.2, 0) is 26.2 Å². The Balaban J connectivity index is -0.000000217. The minimum atomic E-state index is -0.399. The van der Waals surface area contributed by atoms with Crippen LogP contribution in [0.5, 0.6) is 0 Å². The Morgan fingerprint density at radius 2 is 1.22 bits per heavy atom. The van der Waals surface area contributed by atoms with Gasteiger partial charge in [-0.25, -0.2) is 9.34 Å². The standard InChI is InChI=1S/C5H13N2OP.C5H10.CO.CH3.Fe/c1-6-4-5-7(2)9(6)8-3;1-2-4-5-3-1;1-2;;/h4-5H2,1-3H3;1-5H2;;1H3;/q;;;-1;+2. The smallest absolute Gasteiger partial charge is 0.358 e. The summed E-state index contributed by atoms with van der Waals surface area (Å²) >= 11 is 0. The number of likely N-dealkylation sites (N-methyl/N-ethyl adjacent to an activating group) is 2. The van der Waals surface area contributed by atoms with Crippen molar-refractivity contribution in [1.82, 2.24) is 9.34 Å². The van der Waals surface area contributed by atoms with E-state index in [9.17, 15) is 0 Å². The van der Waals surface area contributed by atoms with E-state index in [0.29, 0.717) is 0 Å². The fourth-order valence-corrected chi connectivity index (χ4v) is 3.48. The molecule has 0 atom stereocenters. The molecule has 0 bridgehead atoms. The Morgan fingerprint density at radius 3 is 1.39 bits per heavy atom. The van der Waals surface area contributed by atoms with Crippen LogP contribution in [0.15, 0.2) is 0 Å². The Labute approximate surface area is 125 Å². The van der Waals surface area contributed by atoms with E-state index in [0.717, 1.165) is 13.1 Å². The van der Waals surface area contributed by atoms with Gasteiger partial charge in [0.25, 0.3) is 0 Å². The van der Waals surface area contributed by atoms with E-state index in [4.69, 9.17) is 9.18 Å². The van der Waals surface area contributed by atoms with E-state index in [1.807, 2.05) is 0 Å². The van der Waals surface area contributed by atoms with Gasteiger partial charge in [0.05, 0.1) is 0 Å². The molecule has 1 saturated heterocycles. The van der Waals surface area contributed by atoms with Crippen LogP contribution in [0.2, 0.25) is 0 Å². The topological polar surface area (TPSA) is 35.6 Å². The fraction of sp³-hybridized carbons (Fsp3) is 0.833. The van der Waals surface area contributed by atoms with Crippen molar-refractivity contribution in [1.29, 1.82) is 0 Å². The van der Waals surface area contributed by atoms with Gasteiger partial charge < -0.3 is 12.0 Å². The number of rotatable bonds is 1. The molecule has 0 aromatic rings. The first-order valence-electron chi connectivity index (χ1n) is 5.72. The summed E-state index contributed by atoms with van der Waals surface area (Å²) in [5.74, 6) is 0. The number of hydrogen-bond acceptors (Lipinski definition) is 3. The minimum absolute atomic E-state index is 0. The van der Waals surface area contributed by atoms with Gasteiger partial charge in [-0.05, 0) is 14.1 Å². The molecule has 1 aliphatic carbocycles. The Morgan fingerprint density at radius 1 is 0.944 bits per heavy atom. The molecule has 1 aliphatic heterocycles. The molecule has 108 valence electrons. The second-order valence-corrected chi connectivity index (χ2v) is 6.20. The van der Waals surface area contributed by atoms with E-state index >= 15 is 0 Å². The zero-order valence-corrected chi connectivity index (χ0v) is 14.0. The number of nitrogens with zero attached hydrogens (tertiary/aromatic N) is 2. The van der Waals surface area contributed by atoms with Crippen LogP contribution >= 0.6 is 8.45 Å². The van der Waals surface area contributed by atoms with Crippen molar-refractivity contribution >= 4 is 8.45 Å². The molecule has 2 aliphatic rings. The summed E-state index contributed by atoms with van der Waals surface area (Å²) in [7, 11) is 5.56. The predicted octanol–water partition coefficient (Wildman–Crippen LogP) is 3.10. The average molecular weight is 317 g/mol. The fourth-order valence-electron chi connectivity index (χ4n) is 1.88. The monoisotopic (exact) mass is 317 g/mol. The summed E-state index contributed by atoms with van der Waals surface area (Å²) in [6.45, 7) is 6.77. The van der Waals surface area contributed by atoms with Gasteiger partial charge in [-0.15, -0.1) is 0 Å². The summed E-state index contributed by atoms with van der Waals surface area (Å²) in [5, 5.41) is 0. The van der Waals surface area contributed by atoms with Crippen LogP contribution in [0.25, 0.3) is 0 Å². The Bertz CT molecular complexity index is 175. The van der Waals surface area contributed by atoms with E-state index in [1.54, 1.807) is 7.11 Å². The predicted molar refractivity (Wildman–Crippen MR) is 72.6 cm³/mol. The molecular weight excluding hydrogens is 291 g/mol. The first kappa shape index (κ1) is 23.6. The molecule has 0 amide bonds. The maximum absolute atomic E-state index is 7.50. The minimum Gasteiger partial charge on any atom is -0.358 e. The van der Waals surface area contributed by atoms with Gasteiger partial charge in [-0.1, -0.05) is 32.1 Å². The zero-order chi connectivity index (χ0) is 12.4. The second kappa shape index (κ2) is 15.6. The van der Waals surface area contributed by atoms with Gasteiger partial charge in [0.2, 0.25) is 0 Å². The van der Waals surface area contributed by atoms with E-state index in [2.05, 4.69) is 30.1 Å². The van der Waals surface area contributed by atoms with Crippen LogP contribution in [0.4, 0.5) is 0 Å². The zero-order valence-electron chi connectivity index (χ0n) is 12.0. The second-order valence-electron chi connectivity index (χ2n) is 3.97. The SMILES string of the molecule is C1CCCC1.COP1N(C)CCN1C.[C-]#[O+].[CH3-].[Fe+2]. The largest absolute Gasteiger partial charge is 2.00 e. The Hall–Kier alpha value is 0.569. The summed E-state index contributed by atoms with van der Waals surface area (Å²) in [6, 6.07) is 0. The third kappa shape index (κ3) is 9.49. The summed E-state index contributed by atoms with van der Waals surface area (Å²) in [4.78, 5) is 0. The maximum atomic E-state index is 7.50. The van der Waals surface area contributed by atoms with Crippen molar-refractivity contribution in [2.45, 2.75) is 32.1 Å².